The van der Waals surface area contributed by atoms with E-state index in [0.717, 1.165) is 27.6 Å². The van der Waals surface area contributed by atoms with Crippen LogP contribution < -0.4 is 5.43 Å². The first-order valence-corrected chi connectivity index (χ1v) is 8.37. The predicted molar refractivity (Wildman–Crippen MR) is 99.1 cm³/mol. The molecule has 0 aromatic heterocycles. The van der Waals surface area contributed by atoms with E-state index in [0.29, 0.717) is 16.5 Å². The minimum atomic E-state index is -0.0318. The Labute approximate surface area is 149 Å². The molecular weight excluding hydrogens is 343 g/mol. The van der Waals surface area contributed by atoms with Gasteiger partial charge in [0.05, 0.1) is 11.8 Å². The molecule has 1 aliphatic rings. The summed E-state index contributed by atoms with van der Waals surface area (Å²) in [5, 5.41) is 18.1. The zero-order valence-electron chi connectivity index (χ0n) is 12.6. The van der Waals surface area contributed by atoms with Gasteiger partial charge in [-0.3, -0.25) is 0 Å². The van der Waals surface area contributed by atoms with E-state index in [2.05, 4.69) is 10.5 Å². The molecule has 0 amide bonds. The number of nitrogens with zero attached hydrogens (tertiary/aromatic N) is 1. The van der Waals surface area contributed by atoms with Crippen molar-refractivity contribution in [3.63, 3.8) is 0 Å². The highest BCUT2D eigenvalue weighted by Crippen LogP contribution is 2.35. The molecule has 3 aromatic rings. The number of phenols is 1. The molecule has 3 aromatic carbocycles. The van der Waals surface area contributed by atoms with E-state index in [4.69, 9.17) is 23.2 Å². The SMILES string of the molecule is Oc1c(C2=NNC(c3ccc(Cl)cc3Cl)C2)ccc2ccccc12. The Morgan fingerprint density at radius 3 is 2.71 bits per heavy atom. The van der Waals surface area contributed by atoms with Crippen LogP contribution in [0.15, 0.2) is 59.7 Å². The summed E-state index contributed by atoms with van der Waals surface area (Å²) in [5.41, 5.74) is 5.61. The number of nitrogens with one attached hydrogen (secondary N) is 1. The van der Waals surface area contributed by atoms with Crippen LogP contribution in [0.3, 0.4) is 0 Å². The van der Waals surface area contributed by atoms with Crippen molar-refractivity contribution in [1.82, 2.24) is 5.43 Å². The van der Waals surface area contributed by atoms with Crippen LogP contribution in [0.4, 0.5) is 0 Å². The van der Waals surface area contributed by atoms with Crippen molar-refractivity contribution in [2.75, 3.05) is 0 Å². The molecule has 2 N–H and O–H groups in total. The first-order chi connectivity index (χ1) is 11.6. The maximum absolute atomic E-state index is 10.6. The first-order valence-electron chi connectivity index (χ1n) is 7.61. The van der Waals surface area contributed by atoms with Gasteiger partial charge in [-0.15, -0.1) is 0 Å². The molecule has 120 valence electrons. The van der Waals surface area contributed by atoms with Gasteiger partial charge in [-0.05, 0) is 29.1 Å². The third kappa shape index (κ3) is 2.60. The fourth-order valence-corrected chi connectivity index (χ4v) is 3.60. The lowest BCUT2D eigenvalue weighted by atomic mass is 9.96. The van der Waals surface area contributed by atoms with Gasteiger partial charge in [0.15, 0.2) is 0 Å². The van der Waals surface area contributed by atoms with E-state index in [1.54, 1.807) is 6.07 Å². The van der Waals surface area contributed by atoms with E-state index in [1.807, 2.05) is 48.5 Å². The molecule has 1 unspecified atom stereocenters. The van der Waals surface area contributed by atoms with Crippen molar-refractivity contribution in [1.29, 1.82) is 0 Å². The largest absolute Gasteiger partial charge is 0.507 e. The number of hydrogen-bond acceptors (Lipinski definition) is 3. The van der Waals surface area contributed by atoms with Crippen LogP contribution in [0.25, 0.3) is 10.8 Å². The number of hydrazone groups is 1. The van der Waals surface area contributed by atoms with Crippen LogP contribution in [-0.2, 0) is 0 Å². The van der Waals surface area contributed by atoms with Crippen molar-refractivity contribution < 1.29 is 5.11 Å². The van der Waals surface area contributed by atoms with E-state index in [9.17, 15) is 5.11 Å². The van der Waals surface area contributed by atoms with E-state index in [-0.39, 0.29) is 11.8 Å². The summed E-state index contributed by atoms with van der Waals surface area (Å²) in [6, 6.07) is 17.1. The van der Waals surface area contributed by atoms with Gasteiger partial charge < -0.3 is 10.5 Å². The van der Waals surface area contributed by atoms with Gasteiger partial charge in [-0.25, -0.2) is 0 Å². The minimum absolute atomic E-state index is 0.0318. The van der Waals surface area contributed by atoms with Crippen molar-refractivity contribution in [3.8, 4) is 5.75 Å². The fraction of sp³-hybridized carbons (Fsp3) is 0.105. The van der Waals surface area contributed by atoms with Gasteiger partial charge in [0.1, 0.15) is 5.75 Å². The average Bonchev–Trinajstić information content (AvgIpc) is 3.05. The smallest absolute Gasteiger partial charge is 0.132 e. The summed E-state index contributed by atoms with van der Waals surface area (Å²) in [6.45, 7) is 0. The first kappa shape index (κ1) is 15.3. The molecule has 24 heavy (non-hydrogen) atoms. The van der Waals surface area contributed by atoms with E-state index >= 15 is 0 Å². The Morgan fingerprint density at radius 2 is 1.88 bits per heavy atom. The number of rotatable bonds is 2. The number of fused-ring (bicyclic) bond motifs is 1. The number of hydrogen-bond donors (Lipinski definition) is 2. The molecule has 0 bridgehead atoms. The topological polar surface area (TPSA) is 44.6 Å². The number of aromatic hydroxyl groups is 1. The summed E-state index contributed by atoms with van der Waals surface area (Å²) in [6.07, 6.45) is 0.646. The summed E-state index contributed by atoms with van der Waals surface area (Å²) in [5.74, 6) is 0.261. The second-order valence-electron chi connectivity index (χ2n) is 5.79. The van der Waals surface area contributed by atoms with Gasteiger partial charge in [-0.2, -0.15) is 5.10 Å². The van der Waals surface area contributed by atoms with Crippen LogP contribution in [0.2, 0.25) is 10.0 Å². The molecule has 1 atom stereocenters. The molecule has 1 heterocycles. The Hall–Kier alpha value is -2.23. The monoisotopic (exact) mass is 356 g/mol. The molecule has 0 saturated heterocycles. The maximum atomic E-state index is 10.6. The Morgan fingerprint density at radius 1 is 1.04 bits per heavy atom. The quantitative estimate of drug-likeness (QED) is 0.654. The fourth-order valence-electron chi connectivity index (χ4n) is 3.06. The van der Waals surface area contributed by atoms with E-state index < -0.39 is 0 Å². The normalized spacial score (nSPS) is 16.9. The number of halogens is 2. The molecular formula is C19H14Cl2N2O. The molecule has 4 rings (SSSR count). The highest BCUT2D eigenvalue weighted by Gasteiger charge is 2.25. The zero-order chi connectivity index (χ0) is 16.7. The maximum Gasteiger partial charge on any atom is 0.132 e. The molecule has 0 fully saturated rings. The second kappa shape index (κ2) is 6.00. The van der Waals surface area contributed by atoms with Crippen LogP contribution >= 0.6 is 23.2 Å². The van der Waals surface area contributed by atoms with Gasteiger partial charge >= 0.3 is 0 Å². The lowest BCUT2D eigenvalue weighted by Gasteiger charge is -2.12. The summed E-state index contributed by atoms with van der Waals surface area (Å²) in [7, 11) is 0. The highest BCUT2D eigenvalue weighted by atomic mass is 35.5. The van der Waals surface area contributed by atoms with Crippen LogP contribution in [0.1, 0.15) is 23.6 Å². The Bertz CT molecular complexity index is 969. The number of benzene rings is 3. The molecule has 0 aliphatic carbocycles. The molecule has 3 nitrogen and oxygen atoms in total. The average molecular weight is 357 g/mol. The zero-order valence-corrected chi connectivity index (χ0v) is 14.1. The summed E-state index contributed by atoms with van der Waals surface area (Å²) >= 11 is 12.2. The van der Waals surface area contributed by atoms with Crippen LogP contribution in [-0.4, -0.2) is 10.8 Å². The van der Waals surface area contributed by atoms with Crippen molar-refractivity contribution in [2.45, 2.75) is 12.5 Å². The van der Waals surface area contributed by atoms with Gasteiger partial charge in [-0.1, -0.05) is 59.6 Å². The van der Waals surface area contributed by atoms with Crippen molar-refractivity contribution in [2.24, 2.45) is 5.10 Å². The standard InChI is InChI=1S/C19H14Cl2N2O/c20-12-6-8-14(16(21)9-12)17-10-18(23-22-17)15-7-5-11-3-1-2-4-13(11)19(15)24/h1-9,17,22,24H,10H2. The molecule has 5 heteroatoms. The highest BCUT2D eigenvalue weighted by molar-refractivity contribution is 6.35. The Kier molecular flexibility index (Phi) is 3.83. The third-order valence-corrected chi connectivity index (χ3v) is 4.86. The lowest BCUT2D eigenvalue weighted by Crippen LogP contribution is -2.10. The lowest BCUT2D eigenvalue weighted by molar-refractivity contribution is 0.480. The Balaban J connectivity index is 1.66. The summed E-state index contributed by atoms with van der Waals surface area (Å²) < 4.78 is 0. The molecule has 0 saturated carbocycles. The summed E-state index contributed by atoms with van der Waals surface area (Å²) in [4.78, 5) is 0. The van der Waals surface area contributed by atoms with Gasteiger partial charge in [0.2, 0.25) is 0 Å². The molecule has 1 aliphatic heterocycles. The van der Waals surface area contributed by atoms with Crippen LogP contribution in [0.5, 0.6) is 5.75 Å². The predicted octanol–water partition coefficient (Wildman–Crippen LogP) is 5.29. The molecule has 0 spiro atoms. The second-order valence-corrected chi connectivity index (χ2v) is 6.64. The van der Waals surface area contributed by atoms with Gasteiger partial charge in [0, 0.05) is 27.4 Å². The molecule has 0 radical (unpaired) electrons. The number of phenolic OH excluding ortho intramolecular Hbond substituents is 1. The van der Waals surface area contributed by atoms with Gasteiger partial charge in [0.25, 0.3) is 0 Å². The third-order valence-electron chi connectivity index (χ3n) is 4.30. The van der Waals surface area contributed by atoms with E-state index in [1.165, 1.54) is 0 Å². The minimum Gasteiger partial charge on any atom is -0.507 e. The van der Waals surface area contributed by atoms with Crippen LogP contribution in [0, 0.1) is 0 Å². The van der Waals surface area contributed by atoms with Crippen molar-refractivity contribution in [3.05, 3.63) is 75.8 Å². The van der Waals surface area contributed by atoms with Crippen molar-refractivity contribution >= 4 is 39.7 Å².